The number of benzene rings is 1. The lowest BCUT2D eigenvalue weighted by Gasteiger charge is -2.25. The third kappa shape index (κ3) is 4.05. The Morgan fingerprint density at radius 3 is 2.52 bits per heavy atom. The predicted octanol–water partition coefficient (Wildman–Crippen LogP) is 4.15. The maximum atomic E-state index is 4.07. The molecule has 1 aromatic heterocycles. The number of pyridine rings is 1. The van der Waals surface area contributed by atoms with Crippen molar-refractivity contribution in [2.75, 3.05) is 18.5 Å². The highest BCUT2D eigenvalue weighted by atomic mass is 79.9. The molecule has 0 bridgehead atoms. The Morgan fingerprint density at radius 2 is 1.95 bits per heavy atom. The van der Waals surface area contributed by atoms with Crippen LogP contribution in [-0.2, 0) is 6.54 Å². The van der Waals surface area contributed by atoms with Crippen molar-refractivity contribution in [1.82, 2.24) is 10.3 Å². The SMILES string of the molecule is CCN(Cc1ccncc1)c1ccc(C(C)NC)cc1Br. The second kappa shape index (κ2) is 7.57. The fourth-order valence-electron chi connectivity index (χ4n) is 2.29. The molecule has 0 aliphatic heterocycles. The van der Waals surface area contributed by atoms with Crippen LogP contribution in [-0.4, -0.2) is 18.6 Å². The zero-order chi connectivity index (χ0) is 15.2. The molecule has 0 saturated heterocycles. The molecule has 0 fully saturated rings. The van der Waals surface area contributed by atoms with Crippen molar-refractivity contribution >= 4 is 21.6 Å². The zero-order valence-corrected chi connectivity index (χ0v) is 14.4. The maximum absolute atomic E-state index is 4.07. The van der Waals surface area contributed by atoms with E-state index in [9.17, 15) is 0 Å². The summed E-state index contributed by atoms with van der Waals surface area (Å²) in [6, 6.07) is 11.1. The van der Waals surface area contributed by atoms with E-state index in [1.54, 1.807) is 0 Å². The summed E-state index contributed by atoms with van der Waals surface area (Å²) in [6.07, 6.45) is 3.69. The molecule has 3 nitrogen and oxygen atoms in total. The maximum Gasteiger partial charge on any atom is 0.0513 e. The quantitative estimate of drug-likeness (QED) is 0.850. The summed E-state index contributed by atoms with van der Waals surface area (Å²) in [7, 11) is 1.98. The molecule has 0 aliphatic carbocycles. The van der Waals surface area contributed by atoms with Gasteiger partial charge < -0.3 is 10.2 Å². The van der Waals surface area contributed by atoms with Crippen molar-refractivity contribution in [1.29, 1.82) is 0 Å². The third-order valence-electron chi connectivity index (χ3n) is 3.75. The van der Waals surface area contributed by atoms with Gasteiger partial charge in [0.2, 0.25) is 0 Å². The average Bonchev–Trinajstić information content (AvgIpc) is 2.53. The van der Waals surface area contributed by atoms with Gasteiger partial charge in [-0.15, -0.1) is 0 Å². The first-order chi connectivity index (χ1) is 10.2. The van der Waals surface area contributed by atoms with Gasteiger partial charge in [-0.25, -0.2) is 0 Å². The molecule has 2 rings (SSSR count). The summed E-state index contributed by atoms with van der Waals surface area (Å²) in [4.78, 5) is 6.43. The second-order valence-electron chi connectivity index (χ2n) is 5.09. The van der Waals surface area contributed by atoms with E-state index in [0.29, 0.717) is 6.04 Å². The Labute approximate surface area is 135 Å². The normalized spacial score (nSPS) is 12.2. The molecular formula is C17H22BrN3. The lowest BCUT2D eigenvalue weighted by molar-refractivity contribution is 0.652. The molecule has 2 aromatic rings. The highest BCUT2D eigenvalue weighted by Gasteiger charge is 2.11. The van der Waals surface area contributed by atoms with E-state index < -0.39 is 0 Å². The lowest BCUT2D eigenvalue weighted by Crippen LogP contribution is -2.22. The number of hydrogen-bond acceptors (Lipinski definition) is 3. The standard InChI is InChI=1S/C17H22BrN3/c1-4-21(12-14-7-9-20-10-8-14)17-6-5-15(11-16(17)18)13(2)19-3/h5-11,13,19H,4,12H2,1-3H3. The van der Waals surface area contributed by atoms with Gasteiger partial charge in [0, 0.05) is 36.0 Å². The van der Waals surface area contributed by atoms with Crippen molar-refractivity contribution in [2.24, 2.45) is 0 Å². The molecular weight excluding hydrogens is 326 g/mol. The summed E-state index contributed by atoms with van der Waals surface area (Å²) in [5, 5.41) is 3.27. The Morgan fingerprint density at radius 1 is 1.24 bits per heavy atom. The van der Waals surface area contributed by atoms with E-state index in [-0.39, 0.29) is 0 Å². The first-order valence-electron chi connectivity index (χ1n) is 7.26. The summed E-state index contributed by atoms with van der Waals surface area (Å²) in [5.41, 5.74) is 3.78. The molecule has 21 heavy (non-hydrogen) atoms. The van der Waals surface area contributed by atoms with Crippen molar-refractivity contribution in [3.63, 3.8) is 0 Å². The smallest absolute Gasteiger partial charge is 0.0513 e. The first kappa shape index (κ1) is 16.0. The summed E-state index contributed by atoms with van der Waals surface area (Å²) in [5.74, 6) is 0. The Hall–Kier alpha value is -1.39. The van der Waals surface area contributed by atoms with E-state index >= 15 is 0 Å². The van der Waals surface area contributed by atoms with Crippen LogP contribution in [0, 0.1) is 0 Å². The van der Waals surface area contributed by atoms with Crippen LogP contribution in [0.25, 0.3) is 0 Å². The van der Waals surface area contributed by atoms with Gasteiger partial charge in [-0.05, 0) is 72.2 Å². The van der Waals surface area contributed by atoms with Crippen LogP contribution in [0.1, 0.15) is 31.0 Å². The van der Waals surface area contributed by atoms with Gasteiger partial charge in [-0.1, -0.05) is 6.07 Å². The summed E-state index contributed by atoms with van der Waals surface area (Å²) < 4.78 is 1.14. The second-order valence-corrected chi connectivity index (χ2v) is 5.95. The van der Waals surface area contributed by atoms with Gasteiger partial charge in [0.25, 0.3) is 0 Å². The predicted molar refractivity (Wildman–Crippen MR) is 92.6 cm³/mol. The van der Waals surface area contributed by atoms with Crippen LogP contribution in [0.15, 0.2) is 47.2 Å². The van der Waals surface area contributed by atoms with Crippen LogP contribution in [0.4, 0.5) is 5.69 Å². The summed E-state index contributed by atoms with van der Waals surface area (Å²) in [6.45, 7) is 6.19. The van der Waals surface area contributed by atoms with Gasteiger partial charge in [0.1, 0.15) is 0 Å². The Kier molecular flexibility index (Phi) is 5.76. The summed E-state index contributed by atoms with van der Waals surface area (Å²) >= 11 is 3.72. The molecule has 0 saturated carbocycles. The fraction of sp³-hybridized carbons (Fsp3) is 0.353. The van der Waals surface area contributed by atoms with Gasteiger partial charge in [-0.2, -0.15) is 0 Å². The van der Waals surface area contributed by atoms with Crippen molar-refractivity contribution < 1.29 is 0 Å². The van der Waals surface area contributed by atoms with Crippen LogP contribution in [0.2, 0.25) is 0 Å². The van der Waals surface area contributed by atoms with Crippen LogP contribution in [0.5, 0.6) is 0 Å². The molecule has 0 radical (unpaired) electrons. The van der Waals surface area contributed by atoms with E-state index in [1.807, 2.05) is 19.4 Å². The number of anilines is 1. The molecule has 0 amide bonds. The van der Waals surface area contributed by atoms with E-state index in [1.165, 1.54) is 16.8 Å². The number of hydrogen-bond donors (Lipinski definition) is 1. The molecule has 1 atom stereocenters. The number of halogens is 1. The molecule has 0 aliphatic rings. The highest BCUT2D eigenvalue weighted by molar-refractivity contribution is 9.10. The van der Waals surface area contributed by atoms with E-state index in [0.717, 1.165) is 17.6 Å². The minimum Gasteiger partial charge on any atom is -0.367 e. The van der Waals surface area contributed by atoms with Crippen molar-refractivity contribution in [3.8, 4) is 0 Å². The van der Waals surface area contributed by atoms with Crippen molar-refractivity contribution in [3.05, 3.63) is 58.3 Å². The van der Waals surface area contributed by atoms with E-state index in [4.69, 9.17) is 0 Å². The molecule has 0 spiro atoms. The molecule has 4 heteroatoms. The first-order valence-corrected chi connectivity index (χ1v) is 8.05. The number of nitrogens with one attached hydrogen (secondary N) is 1. The Balaban J connectivity index is 2.22. The Bertz CT molecular complexity index is 572. The topological polar surface area (TPSA) is 28.2 Å². The lowest BCUT2D eigenvalue weighted by atomic mass is 10.1. The van der Waals surface area contributed by atoms with Gasteiger partial charge in [0.15, 0.2) is 0 Å². The zero-order valence-electron chi connectivity index (χ0n) is 12.8. The third-order valence-corrected chi connectivity index (χ3v) is 4.39. The minimum atomic E-state index is 0.352. The molecule has 1 N–H and O–H groups in total. The molecule has 1 unspecified atom stereocenters. The van der Waals surface area contributed by atoms with Crippen molar-refractivity contribution in [2.45, 2.75) is 26.4 Å². The largest absolute Gasteiger partial charge is 0.367 e. The highest BCUT2D eigenvalue weighted by Crippen LogP contribution is 2.30. The molecule has 112 valence electrons. The van der Waals surface area contributed by atoms with Gasteiger partial charge >= 0.3 is 0 Å². The monoisotopic (exact) mass is 347 g/mol. The number of rotatable bonds is 6. The number of nitrogens with zero attached hydrogens (tertiary/aromatic N) is 2. The van der Waals surface area contributed by atoms with Crippen LogP contribution >= 0.6 is 15.9 Å². The number of aromatic nitrogens is 1. The van der Waals surface area contributed by atoms with E-state index in [2.05, 4.69) is 75.3 Å². The van der Waals surface area contributed by atoms with Crippen LogP contribution < -0.4 is 10.2 Å². The molecule has 1 heterocycles. The van der Waals surface area contributed by atoms with Gasteiger partial charge in [-0.3, -0.25) is 4.98 Å². The average molecular weight is 348 g/mol. The van der Waals surface area contributed by atoms with Gasteiger partial charge in [0.05, 0.1) is 5.69 Å². The van der Waals surface area contributed by atoms with Crippen LogP contribution in [0.3, 0.4) is 0 Å². The fourth-order valence-corrected chi connectivity index (χ4v) is 2.94. The minimum absolute atomic E-state index is 0.352. The molecule has 1 aromatic carbocycles.